The van der Waals surface area contributed by atoms with Crippen molar-refractivity contribution in [3.05, 3.63) is 107 Å². The molecule has 0 spiro atoms. The van der Waals surface area contributed by atoms with Gasteiger partial charge >= 0.3 is 6.18 Å². The van der Waals surface area contributed by atoms with Crippen molar-refractivity contribution in [3.8, 4) is 21.8 Å². The Bertz CT molecular complexity index is 1820. The maximum absolute atomic E-state index is 13.2. The maximum atomic E-state index is 13.2. The standard InChI is InChI=1S/C30H23F3N6OS/c31-30(32,33)27-15-25(38-39-27)29-36-26(17-41-29)28(40)35-24-14-23-21(16-34-37-23)13-22(24)20-11-5-10-19(12-20)9-4-8-18-6-2-1-3-7-18/h1-3,5-7,10-17H,4,8-9H2,(H,34,37)(H,35,40)(H,38,39). The largest absolute Gasteiger partial charge is 0.432 e. The normalized spacial score (nSPS) is 11.7. The molecule has 0 aliphatic rings. The van der Waals surface area contributed by atoms with Gasteiger partial charge in [0.25, 0.3) is 5.91 Å². The van der Waals surface area contributed by atoms with Gasteiger partial charge in [-0.3, -0.25) is 15.0 Å². The topological polar surface area (TPSA) is 99.3 Å². The highest BCUT2D eigenvalue weighted by molar-refractivity contribution is 7.13. The van der Waals surface area contributed by atoms with E-state index in [0.29, 0.717) is 5.69 Å². The molecule has 0 aliphatic heterocycles. The number of halogens is 3. The van der Waals surface area contributed by atoms with Gasteiger partial charge in [0.15, 0.2) is 0 Å². The Morgan fingerprint density at radius 3 is 2.54 bits per heavy atom. The summed E-state index contributed by atoms with van der Waals surface area (Å²) in [7, 11) is 0. The quantitative estimate of drug-likeness (QED) is 0.176. The fourth-order valence-electron chi connectivity index (χ4n) is 4.63. The van der Waals surface area contributed by atoms with E-state index >= 15 is 0 Å². The molecule has 206 valence electrons. The van der Waals surface area contributed by atoms with Crippen molar-refractivity contribution in [2.24, 2.45) is 0 Å². The highest BCUT2D eigenvalue weighted by Gasteiger charge is 2.33. The number of H-pyrrole nitrogens is 2. The average Bonchev–Trinajstić information content (AvgIpc) is 3.74. The summed E-state index contributed by atoms with van der Waals surface area (Å²) in [6.07, 6.45) is 0.0655. The van der Waals surface area contributed by atoms with Crippen LogP contribution in [0.15, 0.2) is 84.4 Å². The molecule has 0 fully saturated rings. The summed E-state index contributed by atoms with van der Waals surface area (Å²) in [4.78, 5) is 17.5. The van der Waals surface area contributed by atoms with E-state index in [1.165, 1.54) is 16.5 Å². The summed E-state index contributed by atoms with van der Waals surface area (Å²) in [5.41, 5.74) is 4.66. The lowest BCUT2D eigenvalue weighted by molar-refractivity contribution is -0.141. The Morgan fingerprint density at radius 1 is 0.927 bits per heavy atom. The first kappa shape index (κ1) is 26.5. The number of fused-ring (bicyclic) bond motifs is 1. The van der Waals surface area contributed by atoms with Crippen LogP contribution in [0.4, 0.5) is 18.9 Å². The van der Waals surface area contributed by atoms with E-state index in [2.05, 4.69) is 49.9 Å². The van der Waals surface area contributed by atoms with E-state index in [-0.39, 0.29) is 16.4 Å². The number of nitrogens with zero attached hydrogens (tertiary/aromatic N) is 3. The Morgan fingerprint density at radius 2 is 1.73 bits per heavy atom. The van der Waals surface area contributed by atoms with E-state index in [9.17, 15) is 18.0 Å². The lowest BCUT2D eigenvalue weighted by Crippen LogP contribution is -2.13. The lowest BCUT2D eigenvalue weighted by Gasteiger charge is -2.13. The van der Waals surface area contributed by atoms with E-state index in [0.717, 1.165) is 58.7 Å². The highest BCUT2D eigenvalue weighted by Crippen LogP contribution is 2.34. The van der Waals surface area contributed by atoms with Crippen LogP contribution >= 0.6 is 11.3 Å². The van der Waals surface area contributed by atoms with E-state index < -0.39 is 17.8 Å². The predicted molar refractivity (Wildman–Crippen MR) is 153 cm³/mol. The summed E-state index contributed by atoms with van der Waals surface area (Å²) in [6.45, 7) is 0. The minimum atomic E-state index is -4.55. The van der Waals surface area contributed by atoms with E-state index in [4.69, 9.17) is 0 Å². The molecule has 0 radical (unpaired) electrons. The van der Waals surface area contributed by atoms with Crippen molar-refractivity contribution < 1.29 is 18.0 Å². The number of hydrogen-bond donors (Lipinski definition) is 3. The molecule has 0 unspecified atom stereocenters. The Labute approximate surface area is 236 Å². The number of aromatic amines is 2. The van der Waals surface area contributed by atoms with Gasteiger partial charge in [-0.05, 0) is 54.2 Å². The molecular formula is C30H23F3N6OS. The van der Waals surface area contributed by atoms with Gasteiger partial charge in [0.05, 0.1) is 17.4 Å². The van der Waals surface area contributed by atoms with Crippen molar-refractivity contribution in [2.45, 2.75) is 25.4 Å². The Balaban J connectivity index is 1.24. The lowest BCUT2D eigenvalue weighted by atomic mass is 9.97. The molecule has 0 atom stereocenters. The van der Waals surface area contributed by atoms with Gasteiger partial charge in [0.2, 0.25) is 0 Å². The van der Waals surface area contributed by atoms with Crippen LogP contribution in [-0.2, 0) is 19.0 Å². The third-order valence-corrected chi connectivity index (χ3v) is 7.54. The predicted octanol–water partition coefficient (Wildman–Crippen LogP) is 7.52. The Hall–Kier alpha value is -4.77. The van der Waals surface area contributed by atoms with Crippen molar-refractivity contribution in [3.63, 3.8) is 0 Å². The van der Waals surface area contributed by atoms with Gasteiger partial charge in [-0.25, -0.2) is 4.98 Å². The first-order valence-electron chi connectivity index (χ1n) is 12.8. The molecule has 0 bridgehead atoms. The van der Waals surface area contributed by atoms with Crippen LogP contribution in [-0.4, -0.2) is 31.3 Å². The van der Waals surface area contributed by atoms with Crippen LogP contribution < -0.4 is 5.32 Å². The second-order valence-electron chi connectivity index (χ2n) is 9.55. The zero-order valence-corrected chi connectivity index (χ0v) is 22.3. The monoisotopic (exact) mass is 572 g/mol. The van der Waals surface area contributed by atoms with Crippen LogP contribution in [0.3, 0.4) is 0 Å². The maximum Gasteiger partial charge on any atom is 0.432 e. The van der Waals surface area contributed by atoms with Crippen molar-refractivity contribution in [1.29, 1.82) is 0 Å². The van der Waals surface area contributed by atoms with Crippen molar-refractivity contribution in [1.82, 2.24) is 25.4 Å². The molecule has 11 heteroatoms. The number of thiazole rings is 1. The average molecular weight is 573 g/mol. The van der Waals surface area contributed by atoms with Crippen molar-refractivity contribution >= 4 is 33.8 Å². The number of anilines is 1. The number of benzene rings is 3. The number of rotatable bonds is 8. The molecular weight excluding hydrogens is 549 g/mol. The van der Waals surface area contributed by atoms with Gasteiger partial charge in [0.1, 0.15) is 22.1 Å². The smallest absolute Gasteiger partial charge is 0.320 e. The van der Waals surface area contributed by atoms with Crippen LogP contribution in [0, 0.1) is 0 Å². The molecule has 3 aromatic heterocycles. The molecule has 1 amide bonds. The van der Waals surface area contributed by atoms with E-state index in [1.54, 1.807) is 6.20 Å². The highest BCUT2D eigenvalue weighted by atomic mass is 32.1. The number of nitrogens with one attached hydrogen (secondary N) is 3. The molecule has 0 saturated carbocycles. The number of aromatic nitrogens is 5. The molecule has 6 aromatic rings. The van der Waals surface area contributed by atoms with E-state index in [1.807, 2.05) is 47.6 Å². The number of hydrogen-bond acceptors (Lipinski definition) is 5. The molecule has 3 N–H and O–H groups in total. The summed E-state index contributed by atoms with van der Waals surface area (Å²) >= 11 is 1.04. The van der Waals surface area contributed by atoms with Gasteiger partial charge in [-0.2, -0.15) is 23.4 Å². The SMILES string of the molecule is O=C(Nc1cc2[nH]ncc2cc1-c1cccc(CCCc2ccccc2)c1)c1csc(-c2cc(C(F)(F)F)[nH]n2)n1. The summed E-state index contributed by atoms with van der Waals surface area (Å²) < 4.78 is 38.9. The molecule has 41 heavy (non-hydrogen) atoms. The molecule has 0 aliphatic carbocycles. The van der Waals surface area contributed by atoms with Crippen molar-refractivity contribution in [2.75, 3.05) is 5.32 Å². The second-order valence-corrected chi connectivity index (χ2v) is 10.4. The number of carbonyl (C=O) groups excluding carboxylic acids is 1. The van der Waals surface area contributed by atoms with Gasteiger partial charge in [-0.1, -0.05) is 54.6 Å². The zero-order chi connectivity index (χ0) is 28.4. The minimum Gasteiger partial charge on any atom is -0.320 e. The first-order chi connectivity index (χ1) is 19.8. The molecule has 0 saturated heterocycles. The van der Waals surface area contributed by atoms with Gasteiger partial charge in [-0.15, -0.1) is 11.3 Å². The number of aryl methyl sites for hydroxylation is 2. The number of alkyl halides is 3. The van der Waals surface area contributed by atoms with Crippen LogP contribution in [0.5, 0.6) is 0 Å². The molecule has 7 nitrogen and oxygen atoms in total. The third kappa shape index (κ3) is 5.90. The fourth-order valence-corrected chi connectivity index (χ4v) is 5.39. The molecule has 3 heterocycles. The number of carbonyl (C=O) groups is 1. The van der Waals surface area contributed by atoms with Gasteiger partial charge in [0, 0.05) is 16.3 Å². The van der Waals surface area contributed by atoms with Crippen LogP contribution in [0.2, 0.25) is 0 Å². The summed E-state index contributed by atoms with van der Waals surface area (Å²) in [6, 6.07) is 23.2. The summed E-state index contributed by atoms with van der Waals surface area (Å²) in [5.74, 6) is -0.488. The minimum absolute atomic E-state index is 0.0185. The molecule has 6 rings (SSSR count). The second kappa shape index (κ2) is 11.0. The zero-order valence-electron chi connectivity index (χ0n) is 21.5. The first-order valence-corrected chi connectivity index (χ1v) is 13.7. The fraction of sp³-hybridized carbons (Fsp3) is 0.133. The van der Waals surface area contributed by atoms with Gasteiger partial charge < -0.3 is 5.32 Å². The van der Waals surface area contributed by atoms with Crippen LogP contribution in [0.1, 0.15) is 33.7 Å². The third-order valence-electron chi connectivity index (χ3n) is 6.68. The van der Waals surface area contributed by atoms with Crippen LogP contribution in [0.25, 0.3) is 32.7 Å². The molecule has 3 aromatic carbocycles. The number of amides is 1. The Kier molecular flexibility index (Phi) is 7.10. The summed E-state index contributed by atoms with van der Waals surface area (Å²) in [5, 5.41) is 18.2.